The summed E-state index contributed by atoms with van der Waals surface area (Å²) >= 11 is 5.00. The first-order valence-electron chi connectivity index (χ1n) is 6.45. The molecule has 2 amide bonds. The van der Waals surface area contributed by atoms with Crippen molar-refractivity contribution in [2.45, 2.75) is 32.7 Å². The van der Waals surface area contributed by atoms with E-state index in [1.807, 2.05) is 26.0 Å². The van der Waals surface area contributed by atoms with Crippen molar-refractivity contribution in [2.75, 3.05) is 6.54 Å². The molecule has 0 aliphatic heterocycles. The highest BCUT2D eigenvalue weighted by molar-refractivity contribution is 9.11. The second-order valence-electron chi connectivity index (χ2n) is 4.56. The van der Waals surface area contributed by atoms with Gasteiger partial charge in [0.15, 0.2) is 0 Å². The molecule has 1 aromatic heterocycles. The fraction of sp³-hybridized carbons (Fsp3) is 0.538. The Balaban J connectivity index is 2.36. The summed E-state index contributed by atoms with van der Waals surface area (Å²) in [6, 6.07) is 2.67. The quantitative estimate of drug-likeness (QED) is 0.697. The fourth-order valence-corrected chi connectivity index (χ4v) is 3.14. The van der Waals surface area contributed by atoms with E-state index >= 15 is 0 Å². The average Bonchev–Trinajstić information content (AvgIpc) is 2.80. The summed E-state index contributed by atoms with van der Waals surface area (Å²) in [6.45, 7) is 4.18. The highest BCUT2D eigenvalue weighted by atomic mass is 79.9. The molecule has 0 saturated carbocycles. The molecule has 1 heterocycles. The number of carbonyl (C=O) groups excluding carboxylic acids is 1. The Labute approximate surface area is 130 Å². The zero-order valence-corrected chi connectivity index (χ0v) is 13.9. The van der Waals surface area contributed by atoms with Gasteiger partial charge in [0.25, 0.3) is 0 Å². The average molecular weight is 363 g/mol. The molecule has 1 unspecified atom stereocenters. The fourth-order valence-electron chi connectivity index (χ4n) is 1.66. The van der Waals surface area contributed by atoms with Crippen LogP contribution in [-0.2, 0) is 11.2 Å². The lowest BCUT2D eigenvalue weighted by molar-refractivity contribution is -0.140. The summed E-state index contributed by atoms with van der Waals surface area (Å²) in [4.78, 5) is 23.9. The molecule has 0 aromatic carbocycles. The molecule has 0 spiro atoms. The number of hydrogen-bond donors (Lipinski definition) is 3. The number of hydrogen-bond acceptors (Lipinski definition) is 3. The predicted octanol–water partition coefficient (Wildman–Crippen LogP) is 2.85. The molecule has 20 heavy (non-hydrogen) atoms. The van der Waals surface area contributed by atoms with Gasteiger partial charge in [0, 0.05) is 11.4 Å². The van der Waals surface area contributed by atoms with E-state index in [0.29, 0.717) is 13.0 Å². The van der Waals surface area contributed by atoms with Crippen LogP contribution in [0.25, 0.3) is 0 Å². The van der Waals surface area contributed by atoms with Gasteiger partial charge in [-0.25, -0.2) is 9.59 Å². The molecule has 0 aliphatic rings. The van der Waals surface area contributed by atoms with Crippen LogP contribution < -0.4 is 10.6 Å². The standard InChI is InChI=1S/C13H19BrN2O3S/c1-3-8(2)11(12(17)18)16-13(19)15-7-6-9-4-5-10(14)20-9/h4-5,8,11H,3,6-7H2,1-2H3,(H,17,18)(H2,15,16,19)/t8?,11-/m0/s1. The van der Waals surface area contributed by atoms with Gasteiger partial charge in [-0.2, -0.15) is 0 Å². The van der Waals surface area contributed by atoms with E-state index in [-0.39, 0.29) is 5.92 Å². The van der Waals surface area contributed by atoms with Crippen LogP contribution in [0.1, 0.15) is 25.1 Å². The minimum absolute atomic E-state index is 0.105. The Hall–Kier alpha value is -1.08. The molecular formula is C13H19BrN2O3S. The predicted molar refractivity (Wildman–Crippen MR) is 83.1 cm³/mol. The number of halogens is 1. The van der Waals surface area contributed by atoms with E-state index in [9.17, 15) is 9.59 Å². The Morgan fingerprint density at radius 1 is 1.45 bits per heavy atom. The second-order valence-corrected chi connectivity index (χ2v) is 7.11. The molecule has 0 bridgehead atoms. The summed E-state index contributed by atoms with van der Waals surface area (Å²) in [5.74, 6) is -1.11. The van der Waals surface area contributed by atoms with Crippen molar-refractivity contribution in [2.24, 2.45) is 5.92 Å². The van der Waals surface area contributed by atoms with Gasteiger partial charge in [-0.3, -0.25) is 0 Å². The third-order valence-corrected chi connectivity index (χ3v) is 4.73. The van der Waals surface area contributed by atoms with Crippen LogP contribution in [0, 0.1) is 5.92 Å². The van der Waals surface area contributed by atoms with E-state index in [1.165, 1.54) is 0 Å². The third-order valence-electron chi connectivity index (χ3n) is 3.05. The molecule has 1 rings (SSSR count). The number of urea groups is 1. The van der Waals surface area contributed by atoms with Gasteiger partial charge < -0.3 is 15.7 Å². The van der Waals surface area contributed by atoms with Crippen LogP contribution in [0.4, 0.5) is 4.79 Å². The van der Waals surface area contributed by atoms with E-state index < -0.39 is 18.0 Å². The maximum Gasteiger partial charge on any atom is 0.326 e. The van der Waals surface area contributed by atoms with Gasteiger partial charge >= 0.3 is 12.0 Å². The van der Waals surface area contributed by atoms with Gasteiger partial charge in [-0.1, -0.05) is 20.3 Å². The molecule has 0 radical (unpaired) electrons. The summed E-state index contributed by atoms with van der Waals surface area (Å²) in [5.41, 5.74) is 0. The van der Waals surface area contributed by atoms with Crippen LogP contribution in [0.2, 0.25) is 0 Å². The van der Waals surface area contributed by atoms with Crippen LogP contribution in [0.3, 0.4) is 0 Å². The SMILES string of the molecule is CCC(C)[C@H](NC(=O)NCCc1ccc(Br)s1)C(=O)O. The molecule has 2 atom stereocenters. The molecule has 7 heteroatoms. The van der Waals surface area contributed by atoms with Gasteiger partial charge in [-0.05, 0) is 40.4 Å². The minimum Gasteiger partial charge on any atom is -0.480 e. The Kier molecular flexibility index (Phi) is 7.01. The molecule has 0 aliphatic carbocycles. The van der Waals surface area contributed by atoms with Crippen molar-refractivity contribution in [1.29, 1.82) is 0 Å². The summed E-state index contributed by atoms with van der Waals surface area (Å²) in [5, 5.41) is 14.3. The van der Waals surface area contributed by atoms with Crippen molar-refractivity contribution in [3.63, 3.8) is 0 Å². The van der Waals surface area contributed by atoms with Crippen LogP contribution >= 0.6 is 27.3 Å². The Bertz CT molecular complexity index is 464. The zero-order chi connectivity index (χ0) is 15.1. The second kappa shape index (κ2) is 8.26. The lowest BCUT2D eigenvalue weighted by Gasteiger charge is -2.20. The minimum atomic E-state index is -1.00. The van der Waals surface area contributed by atoms with Crippen molar-refractivity contribution in [1.82, 2.24) is 10.6 Å². The molecule has 0 fully saturated rings. The number of carbonyl (C=O) groups is 2. The lowest BCUT2D eigenvalue weighted by Crippen LogP contribution is -2.49. The van der Waals surface area contributed by atoms with Gasteiger partial charge in [0.1, 0.15) is 6.04 Å². The number of carboxylic acids is 1. The molecular weight excluding hydrogens is 344 g/mol. The van der Waals surface area contributed by atoms with Crippen LogP contribution in [-0.4, -0.2) is 29.7 Å². The van der Waals surface area contributed by atoms with Crippen molar-refractivity contribution in [3.05, 3.63) is 20.8 Å². The van der Waals surface area contributed by atoms with Gasteiger partial charge in [-0.15, -0.1) is 11.3 Å². The van der Waals surface area contributed by atoms with Crippen molar-refractivity contribution in [3.8, 4) is 0 Å². The highest BCUT2D eigenvalue weighted by Gasteiger charge is 2.24. The first kappa shape index (κ1) is 17.0. The Morgan fingerprint density at radius 2 is 2.15 bits per heavy atom. The summed E-state index contributed by atoms with van der Waals surface area (Å²) < 4.78 is 1.06. The summed E-state index contributed by atoms with van der Waals surface area (Å²) in [6.07, 6.45) is 1.42. The number of nitrogens with one attached hydrogen (secondary N) is 2. The van der Waals surface area contributed by atoms with Gasteiger partial charge in [0.2, 0.25) is 0 Å². The van der Waals surface area contributed by atoms with E-state index in [0.717, 1.165) is 15.1 Å². The zero-order valence-electron chi connectivity index (χ0n) is 11.5. The number of amides is 2. The lowest BCUT2D eigenvalue weighted by atomic mass is 9.99. The normalized spacial score (nSPS) is 13.6. The van der Waals surface area contributed by atoms with Crippen LogP contribution in [0.15, 0.2) is 15.9 Å². The molecule has 112 valence electrons. The van der Waals surface area contributed by atoms with Crippen LogP contribution in [0.5, 0.6) is 0 Å². The highest BCUT2D eigenvalue weighted by Crippen LogP contribution is 2.22. The smallest absolute Gasteiger partial charge is 0.326 e. The topological polar surface area (TPSA) is 78.4 Å². The van der Waals surface area contributed by atoms with Crippen molar-refractivity contribution < 1.29 is 14.7 Å². The number of rotatable bonds is 7. The number of thiophene rings is 1. The first-order valence-corrected chi connectivity index (χ1v) is 8.06. The van der Waals surface area contributed by atoms with E-state index in [2.05, 4.69) is 26.6 Å². The van der Waals surface area contributed by atoms with Gasteiger partial charge in [0.05, 0.1) is 3.79 Å². The monoisotopic (exact) mass is 362 g/mol. The maximum atomic E-state index is 11.7. The molecule has 5 nitrogen and oxygen atoms in total. The van der Waals surface area contributed by atoms with E-state index in [4.69, 9.17) is 5.11 Å². The number of carboxylic acid groups (broad SMARTS) is 1. The number of aliphatic carboxylic acids is 1. The maximum absolute atomic E-state index is 11.7. The van der Waals surface area contributed by atoms with E-state index in [1.54, 1.807) is 11.3 Å². The summed E-state index contributed by atoms with van der Waals surface area (Å²) in [7, 11) is 0. The molecule has 3 N–H and O–H groups in total. The van der Waals surface area contributed by atoms with Crippen molar-refractivity contribution >= 4 is 39.3 Å². The third kappa shape index (κ3) is 5.50. The first-order chi connectivity index (χ1) is 9.43. The molecule has 0 saturated heterocycles. The molecule has 1 aromatic rings. The largest absolute Gasteiger partial charge is 0.480 e. The Morgan fingerprint density at radius 3 is 2.65 bits per heavy atom.